The standard InChI is InChI=1S/C25H33ClF3N5O2Si/c1-16(2)22(24(35)32-14-25(27,28)29)33-19-8-17(10-30-12-19)21-13-34(15-36-6-7-37(3,4)5)23-20(21)9-18(26)11-31-23/h8-13,16,22,33H,6-7,14-15H2,1-5H3,(H,32,35). The van der Waals surface area contributed by atoms with Crippen molar-refractivity contribution in [3.8, 4) is 11.1 Å². The zero-order valence-electron chi connectivity index (χ0n) is 21.6. The Morgan fingerprint density at radius 2 is 1.92 bits per heavy atom. The van der Waals surface area contributed by atoms with Crippen LogP contribution in [0.3, 0.4) is 0 Å². The van der Waals surface area contributed by atoms with Crippen molar-refractivity contribution in [1.82, 2.24) is 19.9 Å². The first-order valence-corrected chi connectivity index (χ1v) is 16.1. The normalized spacial score (nSPS) is 13.2. The summed E-state index contributed by atoms with van der Waals surface area (Å²) in [6.45, 7) is 9.99. The molecule has 0 bridgehead atoms. The molecule has 202 valence electrons. The average molecular weight is 556 g/mol. The molecule has 37 heavy (non-hydrogen) atoms. The summed E-state index contributed by atoms with van der Waals surface area (Å²) in [5.74, 6) is -1.00. The van der Waals surface area contributed by atoms with E-state index < -0.39 is 32.7 Å². The Morgan fingerprint density at radius 1 is 1.19 bits per heavy atom. The predicted molar refractivity (Wildman–Crippen MR) is 143 cm³/mol. The van der Waals surface area contributed by atoms with Gasteiger partial charge >= 0.3 is 6.18 Å². The van der Waals surface area contributed by atoms with E-state index in [0.717, 1.165) is 22.6 Å². The Kier molecular flexibility index (Phi) is 9.25. The van der Waals surface area contributed by atoms with Gasteiger partial charge in [-0.3, -0.25) is 9.78 Å². The van der Waals surface area contributed by atoms with E-state index in [2.05, 4.69) is 34.9 Å². The quantitative estimate of drug-likeness (QED) is 0.218. The van der Waals surface area contributed by atoms with Crippen LogP contribution in [0.2, 0.25) is 30.7 Å². The molecular weight excluding hydrogens is 523 g/mol. The van der Waals surface area contributed by atoms with Crippen LogP contribution in [0.15, 0.2) is 36.9 Å². The summed E-state index contributed by atoms with van der Waals surface area (Å²) in [6.07, 6.45) is 2.21. The molecule has 1 unspecified atom stereocenters. The third kappa shape index (κ3) is 8.44. The molecule has 3 heterocycles. The molecule has 2 N–H and O–H groups in total. The molecule has 0 aliphatic carbocycles. The zero-order valence-corrected chi connectivity index (χ0v) is 23.4. The van der Waals surface area contributed by atoms with Crippen LogP contribution in [0.25, 0.3) is 22.2 Å². The number of anilines is 1. The molecule has 3 rings (SSSR count). The second-order valence-corrected chi connectivity index (χ2v) is 16.6. The number of carbonyl (C=O) groups excluding carboxylic acids is 1. The van der Waals surface area contributed by atoms with Crippen molar-refractivity contribution in [1.29, 1.82) is 0 Å². The minimum atomic E-state index is -4.49. The first kappa shape index (κ1) is 28.9. The van der Waals surface area contributed by atoms with Crippen LogP contribution >= 0.6 is 11.6 Å². The van der Waals surface area contributed by atoms with Crippen LogP contribution in [-0.4, -0.2) is 53.9 Å². The summed E-state index contributed by atoms with van der Waals surface area (Å²) in [5.41, 5.74) is 2.76. The number of ether oxygens (including phenoxy) is 1. The maximum atomic E-state index is 12.6. The molecule has 0 fully saturated rings. The molecule has 0 saturated carbocycles. The van der Waals surface area contributed by atoms with Crippen molar-refractivity contribution in [3.63, 3.8) is 0 Å². The predicted octanol–water partition coefficient (Wildman–Crippen LogP) is 6.18. The lowest BCUT2D eigenvalue weighted by Gasteiger charge is -2.23. The maximum Gasteiger partial charge on any atom is 0.405 e. The Balaban J connectivity index is 1.86. The summed E-state index contributed by atoms with van der Waals surface area (Å²) in [6, 6.07) is 3.78. The van der Waals surface area contributed by atoms with Gasteiger partial charge in [0.25, 0.3) is 0 Å². The van der Waals surface area contributed by atoms with Gasteiger partial charge in [-0.1, -0.05) is 45.1 Å². The third-order valence-corrected chi connectivity index (χ3v) is 7.60. The molecule has 0 aromatic carbocycles. The Bertz CT molecular complexity index is 1230. The number of halogens is 4. The van der Waals surface area contributed by atoms with Crippen molar-refractivity contribution in [2.24, 2.45) is 5.92 Å². The van der Waals surface area contributed by atoms with Crippen LogP contribution in [0.5, 0.6) is 0 Å². The van der Waals surface area contributed by atoms with Gasteiger partial charge in [-0.2, -0.15) is 13.2 Å². The van der Waals surface area contributed by atoms with Crippen molar-refractivity contribution in [2.45, 2.75) is 58.5 Å². The summed E-state index contributed by atoms with van der Waals surface area (Å²) in [4.78, 5) is 21.2. The molecule has 1 atom stereocenters. The first-order valence-electron chi connectivity index (χ1n) is 12.0. The zero-order chi connectivity index (χ0) is 27.4. The van der Waals surface area contributed by atoms with Crippen LogP contribution in [0.1, 0.15) is 13.8 Å². The summed E-state index contributed by atoms with van der Waals surface area (Å²) < 4.78 is 45.6. The lowest BCUT2D eigenvalue weighted by atomic mass is 10.0. The largest absolute Gasteiger partial charge is 0.405 e. The van der Waals surface area contributed by atoms with Gasteiger partial charge in [0, 0.05) is 56.0 Å². The number of nitrogens with one attached hydrogen (secondary N) is 2. The monoisotopic (exact) mass is 555 g/mol. The van der Waals surface area contributed by atoms with Gasteiger partial charge in [-0.15, -0.1) is 0 Å². The number of nitrogens with zero attached hydrogens (tertiary/aromatic N) is 3. The van der Waals surface area contributed by atoms with E-state index in [1.54, 1.807) is 32.3 Å². The van der Waals surface area contributed by atoms with Gasteiger partial charge in [0.2, 0.25) is 5.91 Å². The lowest BCUT2D eigenvalue weighted by molar-refractivity contribution is -0.139. The van der Waals surface area contributed by atoms with Crippen molar-refractivity contribution < 1.29 is 22.7 Å². The summed E-state index contributed by atoms with van der Waals surface area (Å²) in [5, 5.41) is 6.28. The Hall–Kier alpha value is -2.63. The number of pyridine rings is 2. The SMILES string of the molecule is CC(C)C(Nc1cncc(-c2cn(COCC[Si](C)(C)C)c3ncc(Cl)cc23)c1)C(=O)NCC(F)(F)F. The molecule has 3 aromatic rings. The van der Waals surface area contributed by atoms with Crippen LogP contribution < -0.4 is 10.6 Å². The fourth-order valence-electron chi connectivity index (χ4n) is 3.69. The van der Waals surface area contributed by atoms with Crippen molar-refractivity contribution in [3.05, 3.63) is 41.9 Å². The molecule has 0 aliphatic heterocycles. The van der Waals surface area contributed by atoms with Crippen molar-refractivity contribution in [2.75, 3.05) is 18.5 Å². The highest BCUT2D eigenvalue weighted by Gasteiger charge is 2.30. The Labute approximate surface area is 220 Å². The van der Waals surface area contributed by atoms with E-state index in [1.165, 1.54) is 6.20 Å². The number of carbonyl (C=O) groups is 1. The number of amides is 1. The van der Waals surface area contributed by atoms with Crippen LogP contribution in [0, 0.1) is 5.92 Å². The second-order valence-electron chi connectivity index (χ2n) is 10.5. The van der Waals surface area contributed by atoms with Gasteiger partial charge in [0.15, 0.2) is 0 Å². The van der Waals surface area contributed by atoms with E-state index >= 15 is 0 Å². The smallest absolute Gasteiger partial charge is 0.372 e. The number of rotatable bonds is 11. The molecule has 0 spiro atoms. The van der Waals surface area contributed by atoms with Crippen molar-refractivity contribution >= 4 is 42.3 Å². The first-order chi connectivity index (χ1) is 17.2. The fourth-order valence-corrected chi connectivity index (χ4v) is 4.61. The molecule has 12 heteroatoms. The highest BCUT2D eigenvalue weighted by molar-refractivity contribution is 6.76. The molecule has 0 aliphatic rings. The number of alkyl halides is 3. The third-order valence-electron chi connectivity index (χ3n) is 5.69. The van der Waals surface area contributed by atoms with E-state index in [-0.39, 0.29) is 5.92 Å². The average Bonchev–Trinajstić information content (AvgIpc) is 3.15. The molecular formula is C25H33ClF3N5O2Si. The molecule has 7 nitrogen and oxygen atoms in total. The molecule has 0 saturated heterocycles. The molecule has 0 radical (unpaired) electrons. The number of hydrogen-bond acceptors (Lipinski definition) is 5. The minimum Gasteiger partial charge on any atom is -0.372 e. The number of aromatic nitrogens is 3. The second kappa shape index (κ2) is 11.8. The van der Waals surface area contributed by atoms with Gasteiger partial charge in [0.05, 0.1) is 10.7 Å². The van der Waals surface area contributed by atoms with E-state index in [9.17, 15) is 18.0 Å². The van der Waals surface area contributed by atoms with E-state index in [4.69, 9.17) is 16.3 Å². The minimum absolute atomic E-state index is 0.268. The molecule has 1 amide bonds. The van der Waals surface area contributed by atoms with Crippen LogP contribution in [0.4, 0.5) is 18.9 Å². The number of hydrogen-bond donors (Lipinski definition) is 2. The lowest BCUT2D eigenvalue weighted by Crippen LogP contribution is -2.46. The summed E-state index contributed by atoms with van der Waals surface area (Å²) in [7, 11) is -1.22. The highest BCUT2D eigenvalue weighted by Crippen LogP contribution is 2.32. The van der Waals surface area contributed by atoms with Gasteiger partial charge in [-0.05, 0) is 24.1 Å². The Morgan fingerprint density at radius 3 is 2.57 bits per heavy atom. The van der Waals surface area contributed by atoms with E-state index in [0.29, 0.717) is 29.7 Å². The van der Waals surface area contributed by atoms with Crippen LogP contribution in [-0.2, 0) is 16.3 Å². The maximum absolute atomic E-state index is 12.6. The summed E-state index contributed by atoms with van der Waals surface area (Å²) >= 11 is 6.24. The van der Waals surface area contributed by atoms with Gasteiger partial charge in [0.1, 0.15) is 25.0 Å². The fraction of sp³-hybridized carbons (Fsp3) is 0.480. The number of fused-ring (bicyclic) bond motifs is 1. The topological polar surface area (TPSA) is 81.1 Å². The van der Waals surface area contributed by atoms with E-state index in [1.807, 2.05) is 22.1 Å². The van der Waals surface area contributed by atoms with Gasteiger partial charge < -0.3 is 19.9 Å². The molecule has 3 aromatic heterocycles. The van der Waals surface area contributed by atoms with Gasteiger partial charge in [-0.25, -0.2) is 4.98 Å². The highest BCUT2D eigenvalue weighted by atomic mass is 35.5.